The van der Waals surface area contributed by atoms with Crippen LogP contribution in [0.5, 0.6) is 5.75 Å². The highest BCUT2D eigenvalue weighted by molar-refractivity contribution is 6.33. The van der Waals surface area contributed by atoms with Crippen molar-refractivity contribution in [1.29, 1.82) is 0 Å². The average Bonchev–Trinajstić information content (AvgIpc) is 1.62. The zero-order valence-corrected chi connectivity index (χ0v) is 85.4. The molecule has 29 nitrogen and oxygen atoms in total. The van der Waals surface area contributed by atoms with E-state index in [4.69, 9.17) is 34.4 Å². The molecule has 0 unspecified atom stereocenters. The Bertz CT molecular complexity index is 7360. The van der Waals surface area contributed by atoms with Crippen molar-refractivity contribution in [2.45, 2.75) is 121 Å². The zero-order valence-electron chi connectivity index (χ0n) is 84.6. The lowest BCUT2D eigenvalue weighted by Gasteiger charge is -2.36. The van der Waals surface area contributed by atoms with Crippen LogP contribution in [0, 0.1) is 26.6 Å². The Kier molecular flexibility index (Phi) is 28.4. The van der Waals surface area contributed by atoms with Gasteiger partial charge in [-0.15, -0.1) is 0 Å². The van der Waals surface area contributed by atoms with E-state index in [1.54, 1.807) is 44.0 Å². The fourth-order valence-electron chi connectivity index (χ4n) is 22.2. The van der Waals surface area contributed by atoms with E-state index in [2.05, 4.69) is 147 Å². The number of hydrogen-bond acceptors (Lipinski definition) is 21. The number of halogens is 2. The third-order valence-electron chi connectivity index (χ3n) is 31.2. The molecule has 12 heterocycles. The summed E-state index contributed by atoms with van der Waals surface area (Å²) in [5, 5.41) is 59.6. The van der Waals surface area contributed by atoms with Crippen LogP contribution in [-0.2, 0) is 53.9 Å². The highest BCUT2D eigenvalue weighted by Gasteiger charge is 2.40. The molecule has 8 fully saturated rings. The van der Waals surface area contributed by atoms with E-state index in [9.17, 15) is 44.0 Å². The Morgan fingerprint density at radius 1 is 0.347 bits per heavy atom. The van der Waals surface area contributed by atoms with Crippen molar-refractivity contribution in [3.8, 4) is 50.8 Å². The molecule has 0 spiro atoms. The van der Waals surface area contributed by atoms with Crippen molar-refractivity contribution in [2.24, 2.45) is 28.2 Å². The number of aromatic carboxylic acids is 4. The molecule has 0 atom stereocenters. The lowest BCUT2D eigenvalue weighted by molar-refractivity contribution is 0.0688. The first-order valence-electron chi connectivity index (χ1n) is 51.7. The molecule has 0 radical (unpaired) electrons. The Labute approximate surface area is 857 Å². The number of rotatable bonds is 29. The first-order chi connectivity index (χ1) is 71.3. The van der Waals surface area contributed by atoms with Gasteiger partial charge in [0.2, 0.25) is 0 Å². The molecular weight excluding hydrogens is 1880 g/mol. The maximum Gasteiger partial charge on any atom is 0.337 e. The van der Waals surface area contributed by atoms with Gasteiger partial charge in [-0.3, -0.25) is 19.6 Å². The molecule has 4 saturated carbocycles. The molecule has 16 aromatic rings. The molecule has 4 saturated heterocycles. The van der Waals surface area contributed by atoms with Crippen molar-refractivity contribution < 1.29 is 66.8 Å². The van der Waals surface area contributed by atoms with Crippen LogP contribution in [0.15, 0.2) is 201 Å². The molecule has 0 bridgehead atoms. The number of carbonyl (C=O) groups is 4. The van der Waals surface area contributed by atoms with Gasteiger partial charge >= 0.3 is 23.9 Å². The number of hydrogen-bond donors (Lipinski definition) is 4. The van der Waals surface area contributed by atoms with Gasteiger partial charge in [-0.2, -0.15) is 0 Å². The van der Waals surface area contributed by atoms with E-state index in [0.29, 0.717) is 57.2 Å². The molecule has 762 valence electrons. The fraction of sp³-hybridized carbons (Fsp3) is 0.379. The predicted molar refractivity (Wildman–Crippen MR) is 570 cm³/mol. The third kappa shape index (κ3) is 20.9. The number of benzene rings is 8. The number of aryl methyl sites for hydroxylation is 7. The van der Waals surface area contributed by atoms with Crippen LogP contribution in [0.2, 0.25) is 5.02 Å². The zero-order chi connectivity index (χ0) is 102. The smallest absolute Gasteiger partial charge is 0.337 e. The van der Waals surface area contributed by atoms with Crippen LogP contribution in [-0.4, -0.2) is 241 Å². The molecule has 4 aliphatic heterocycles. The lowest BCUT2D eigenvalue weighted by atomic mass is 9.97. The molecule has 8 aromatic heterocycles. The number of methoxy groups -OCH3 is 1. The van der Waals surface area contributed by atoms with Crippen LogP contribution in [0.4, 0.5) is 27.1 Å². The number of aromatic nitrogens is 8. The molecular formula is C116H126ClFN16O13. The first-order valence-corrected chi connectivity index (χ1v) is 52.0. The van der Waals surface area contributed by atoms with E-state index >= 15 is 0 Å². The largest absolute Gasteiger partial charge is 0.496 e. The summed E-state index contributed by atoms with van der Waals surface area (Å²) in [6, 6.07) is 51.6. The van der Waals surface area contributed by atoms with Crippen LogP contribution >= 0.6 is 11.6 Å². The van der Waals surface area contributed by atoms with Crippen LogP contribution < -0.4 is 24.3 Å². The number of carboxylic acid groups (broad SMARTS) is 4. The van der Waals surface area contributed by atoms with Crippen molar-refractivity contribution in [1.82, 2.24) is 58.5 Å². The minimum Gasteiger partial charge on any atom is -0.496 e. The second kappa shape index (κ2) is 42.3. The summed E-state index contributed by atoms with van der Waals surface area (Å²) in [5.41, 5.74) is 25.1. The molecule has 31 heteroatoms. The van der Waals surface area contributed by atoms with Crippen molar-refractivity contribution >= 4 is 102 Å². The Morgan fingerprint density at radius 3 is 0.932 bits per heavy atom. The van der Waals surface area contributed by atoms with E-state index < -0.39 is 23.9 Å². The molecule has 8 aromatic carbocycles. The Morgan fingerprint density at radius 2 is 0.626 bits per heavy atom. The highest BCUT2D eigenvalue weighted by atomic mass is 35.5. The Balaban J connectivity index is 0.000000115. The van der Waals surface area contributed by atoms with Crippen LogP contribution in [0.3, 0.4) is 0 Å². The minimum atomic E-state index is -0.905. The molecule has 24 rings (SSSR count). The van der Waals surface area contributed by atoms with Gasteiger partial charge in [-0.1, -0.05) is 92.9 Å². The Hall–Kier alpha value is -14.3. The van der Waals surface area contributed by atoms with Gasteiger partial charge in [0, 0.05) is 296 Å². The quantitative estimate of drug-likeness (QED) is 0.0338. The summed E-state index contributed by atoms with van der Waals surface area (Å²) >= 11 is 6.60. The monoisotopic (exact) mass is 2000 g/mol. The topological polar surface area (TPSA) is 308 Å². The first kappa shape index (κ1) is 98.7. The van der Waals surface area contributed by atoms with Crippen LogP contribution in [0.1, 0.15) is 178 Å². The normalized spacial score (nSPS) is 16.6. The van der Waals surface area contributed by atoms with E-state index in [1.165, 1.54) is 72.4 Å². The van der Waals surface area contributed by atoms with Gasteiger partial charge in [-0.25, -0.2) is 23.6 Å². The van der Waals surface area contributed by atoms with Crippen LogP contribution in [0.25, 0.3) is 88.6 Å². The van der Waals surface area contributed by atoms with Crippen molar-refractivity contribution in [3.63, 3.8) is 0 Å². The molecule has 4 aliphatic carbocycles. The number of ether oxygens (including phenoxy) is 1. The summed E-state index contributed by atoms with van der Waals surface area (Å²) in [4.78, 5) is 65.7. The summed E-state index contributed by atoms with van der Waals surface area (Å²) < 4.78 is 51.2. The number of carboxylic acids is 4. The van der Waals surface area contributed by atoms with Gasteiger partial charge in [0.05, 0.1) is 56.5 Å². The highest BCUT2D eigenvalue weighted by Crippen LogP contribution is 2.50. The van der Waals surface area contributed by atoms with Gasteiger partial charge in [0.1, 0.15) is 57.4 Å². The minimum absolute atomic E-state index is 0.270. The predicted octanol–water partition coefficient (Wildman–Crippen LogP) is 20.8. The van der Waals surface area contributed by atoms with Gasteiger partial charge in [0.25, 0.3) is 0 Å². The van der Waals surface area contributed by atoms with Gasteiger partial charge in [0.15, 0.2) is 0 Å². The number of anilines is 4. The fourth-order valence-corrected chi connectivity index (χ4v) is 22.5. The van der Waals surface area contributed by atoms with Crippen molar-refractivity contribution in [2.75, 3.05) is 158 Å². The summed E-state index contributed by atoms with van der Waals surface area (Å²) in [5.74, 6) is 3.07. The standard InChI is InChI=1S/C30H34N4O4.C29H31ClN4O3.C29H32N4O3.C28H29FN4O3/c1-19-5-4-6-26(37-3)27(19)28-23(29(38-31-28)20-7-8-20)11-12-33-13-15-34(16-14-33)21-9-10-22-24(30(35)36)18-32(2)25(22)17-21;1-18-4-3-5-24(30)26(18)27-22(28(37-31-27)19-6-7-19)10-11-33-12-14-34(15-13-33)20-8-9-21-23(29(35)36)17-32(2)25(21)16-20;1-19-5-3-4-6-22(19)27-24(28(36-30-27)20-7-8-20)11-12-32-13-15-33(16-14-32)21-9-10-23-25(29(34)35)18-31(2)26(23)17-21;1-31-17-23(28(34)35)20-9-8-19(16-25(20)31)33-14-12-32(13-15-33)11-10-22-26(21-4-2-3-5-24(21)29)30-36-27(22)18-6-7-18/h4-6,9-10,17-18,20H,7-8,11-16H2,1-3H3,(H,35,36);3-5,8-9,16-17,19H,6-7,10-15H2,1-2H3,(H,35,36);3-6,9-10,17-18,20H,7-8,11-16H2,1-2H3,(H,34,35);2-5,8-9,16-18H,6-7,10-15H2,1H3,(H,34,35). The lowest BCUT2D eigenvalue weighted by Crippen LogP contribution is -2.47. The van der Waals surface area contributed by atoms with E-state index in [0.717, 1.165) is 314 Å². The SMILES string of the molecule is COc1cccc(C)c1-c1noc(C2CC2)c1CCN1CCN(c2ccc3c(C(=O)O)cn(C)c3c2)CC1.Cc1cccc(Cl)c1-c1noc(C2CC2)c1CCN1CCN(c2ccc3c(C(=O)O)cn(C)c3c2)CC1.Cc1ccccc1-c1noc(C2CC2)c1CCN1CCN(c2ccc3c(C(=O)O)cn(C)c3c2)CC1.Cn1cc(C(=O)O)c2ccc(N3CCN(CCc4c(-c5ccccc5F)noc4C4CC4)CC3)cc21. The van der Waals surface area contributed by atoms with E-state index in [-0.39, 0.29) is 5.82 Å². The van der Waals surface area contributed by atoms with Gasteiger partial charge in [-0.05, 0) is 212 Å². The maximum atomic E-state index is 14.5. The number of piperazine rings is 4. The molecule has 8 aliphatic rings. The number of fused-ring (bicyclic) bond motifs is 4. The summed E-state index contributed by atoms with van der Waals surface area (Å²) in [7, 11) is 9.29. The molecule has 4 N–H and O–H groups in total. The maximum absolute atomic E-state index is 14.5. The average molecular weight is 2010 g/mol. The molecule has 147 heavy (non-hydrogen) atoms. The molecule has 0 amide bonds. The van der Waals surface area contributed by atoms with Gasteiger partial charge < -0.3 is 81.1 Å². The van der Waals surface area contributed by atoms with Crippen molar-refractivity contribution in [3.05, 3.63) is 278 Å². The summed E-state index contributed by atoms with van der Waals surface area (Å²) in [6.45, 7) is 25.2. The summed E-state index contributed by atoms with van der Waals surface area (Å²) in [6.07, 6.45) is 19.6. The second-order valence-corrected chi connectivity index (χ2v) is 41.3. The second-order valence-electron chi connectivity index (χ2n) is 40.9. The van der Waals surface area contributed by atoms with E-state index in [1.807, 2.05) is 119 Å². The number of nitrogens with zero attached hydrogens (tertiary/aromatic N) is 16. The third-order valence-corrected chi connectivity index (χ3v) is 31.5.